The van der Waals surface area contributed by atoms with Crippen molar-refractivity contribution in [1.29, 1.82) is 0 Å². The number of benzene rings is 4. The first-order valence-corrected chi connectivity index (χ1v) is 17.0. The number of methoxy groups -OCH3 is 1. The Morgan fingerprint density at radius 1 is 0.894 bits per heavy atom. The number of anilines is 1. The molecule has 47 heavy (non-hydrogen) atoms. The molecule has 0 aliphatic heterocycles. The van der Waals surface area contributed by atoms with Gasteiger partial charge in [-0.2, -0.15) is 0 Å². The van der Waals surface area contributed by atoms with E-state index >= 15 is 0 Å². The molecule has 11 heteroatoms. The van der Waals surface area contributed by atoms with E-state index in [-0.39, 0.29) is 29.8 Å². The van der Waals surface area contributed by atoms with Gasteiger partial charge in [-0.1, -0.05) is 60.7 Å². The molecule has 0 saturated heterocycles. The summed E-state index contributed by atoms with van der Waals surface area (Å²) < 4.78 is 34.2. The lowest BCUT2D eigenvalue weighted by atomic mass is 9.99. The fourth-order valence-corrected chi connectivity index (χ4v) is 6.66. The minimum atomic E-state index is -3.89. The summed E-state index contributed by atoms with van der Waals surface area (Å²) in [5.74, 6) is -0.519. The molecule has 4 aromatic carbocycles. The Morgan fingerprint density at radius 3 is 2.28 bits per heavy atom. The van der Waals surface area contributed by atoms with Crippen molar-refractivity contribution < 1.29 is 27.9 Å². The normalized spacial score (nSPS) is 13.3. The molecule has 0 saturated carbocycles. The van der Waals surface area contributed by atoms with Gasteiger partial charge < -0.3 is 26.2 Å². The maximum atomic E-state index is 13.8. The van der Waals surface area contributed by atoms with Crippen molar-refractivity contribution in [2.24, 2.45) is 5.73 Å². The van der Waals surface area contributed by atoms with Crippen LogP contribution in [0, 0.1) is 0 Å². The molecule has 3 atom stereocenters. The molecule has 0 fully saturated rings. The zero-order valence-electron chi connectivity index (χ0n) is 26.8. The van der Waals surface area contributed by atoms with E-state index in [2.05, 4.69) is 10.6 Å². The van der Waals surface area contributed by atoms with Crippen LogP contribution < -0.4 is 25.4 Å². The maximum absolute atomic E-state index is 13.8. The lowest BCUT2D eigenvalue weighted by Gasteiger charge is -2.36. The summed E-state index contributed by atoms with van der Waals surface area (Å²) in [5, 5.41) is 17.8. The third kappa shape index (κ3) is 9.41. The molecule has 0 bridgehead atoms. The Hall–Kier alpha value is -4.71. The molecule has 0 radical (unpaired) electrons. The first-order valence-electron chi connectivity index (χ1n) is 15.4. The molecule has 4 aromatic rings. The molecule has 0 spiro atoms. The Morgan fingerprint density at radius 2 is 1.57 bits per heavy atom. The number of ether oxygens (including phenoxy) is 1. The molecule has 0 aliphatic carbocycles. The molecule has 0 unspecified atom stereocenters. The van der Waals surface area contributed by atoms with Crippen LogP contribution in [0.3, 0.4) is 0 Å². The van der Waals surface area contributed by atoms with Crippen molar-refractivity contribution in [1.82, 2.24) is 10.6 Å². The van der Waals surface area contributed by atoms with Gasteiger partial charge in [0.25, 0.3) is 5.91 Å². The second kappa shape index (κ2) is 16.2. The minimum Gasteiger partial charge on any atom is -0.497 e. The summed E-state index contributed by atoms with van der Waals surface area (Å²) in [6.45, 7) is 3.93. The van der Waals surface area contributed by atoms with Crippen molar-refractivity contribution in [3.63, 3.8) is 0 Å². The van der Waals surface area contributed by atoms with Crippen molar-refractivity contribution in [2.45, 2.75) is 45.0 Å². The van der Waals surface area contributed by atoms with E-state index < -0.39 is 40.0 Å². The number of primary amides is 1. The van der Waals surface area contributed by atoms with Crippen LogP contribution in [0.25, 0.3) is 0 Å². The van der Waals surface area contributed by atoms with Gasteiger partial charge in [0, 0.05) is 24.2 Å². The lowest BCUT2D eigenvalue weighted by Crippen LogP contribution is -2.52. The SMILES string of the molecule is CCS(=O)(=O)N(c1cccc([C@@H](C)NC(=O)c2cccc(C(N)=O)c2)c1)[C@@H](Cc1ccccc1)[C@H](O)CNCc1cccc(OC)c1. The van der Waals surface area contributed by atoms with Crippen LogP contribution in [-0.4, -0.2) is 56.9 Å². The zero-order chi connectivity index (χ0) is 34.0. The third-order valence-corrected chi connectivity index (χ3v) is 9.71. The maximum Gasteiger partial charge on any atom is 0.251 e. The van der Waals surface area contributed by atoms with E-state index in [1.165, 1.54) is 16.4 Å². The van der Waals surface area contributed by atoms with E-state index in [1.54, 1.807) is 57.4 Å². The topological polar surface area (TPSA) is 151 Å². The van der Waals surface area contributed by atoms with Gasteiger partial charge in [0.1, 0.15) is 5.75 Å². The molecule has 10 nitrogen and oxygen atoms in total. The fraction of sp³-hybridized carbons (Fsp3) is 0.278. The second-order valence-corrected chi connectivity index (χ2v) is 13.4. The molecule has 0 aliphatic rings. The summed E-state index contributed by atoms with van der Waals surface area (Å²) in [6.07, 6.45) is -0.824. The Kier molecular flexibility index (Phi) is 12.1. The summed E-state index contributed by atoms with van der Waals surface area (Å²) in [5.41, 5.74) is 8.71. The van der Waals surface area contributed by atoms with Crippen LogP contribution >= 0.6 is 0 Å². The second-order valence-electron chi connectivity index (χ2n) is 11.2. The Balaban J connectivity index is 1.62. The predicted octanol–water partition coefficient (Wildman–Crippen LogP) is 4.20. The molecule has 0 heterocycles. The number of nitrogens with one attached hydrogen (secondary N) is 2. The van der Waals surface area contributed by atoms with Gasteiger partial charge in [0.05, 0.1) is 36.7 Å². The van der Waals surface area contributed by atoms with Crippen LogP contribution in [0.4, 0.5) is 5.69 Å². The average molecular weight is 659 g/mol. The fourth-order valence-electron chi connectivity index (χ4n) is 5.32. The van der Waals surface area contributed by atoms with Gasteiger partial charge in [-0.25, -0.2) is 8.42 Å². The van der Waals surface area contributed by atoms with Crippen LogP contribution in [0.2, 0.25) is 0 Å². The first kappa shape index (κ1) is 35.1. The van der Waals surface area contributed by atoms with E-state index in [4.69, 9.17) is 10.5 Å². The summed E-state index contributed by atoms with van der Waals surface area (Å²) in [7, 11) is -2.29. The van der Waals surface area contributed by atoms with Gasteiger partial charge in [0.15, 0.2) is 0 Å². The minimum absolute atomic E-state index is 0.126. The summed E-state index contributed by atoms with van der Waals surface area (Å²) in [4.78, 5) is 24.7. The average Bonchev–Trinajstić information content (AvgIpc) is 3.08. The summed E-state index contributed by atoms with van der Waals surface area (Å²) >= 11 is 0. The zero-order valence-corrected chi connectivity index (χ0v) is 27.6. The highest BCUT2D eigenvalue weighted by Gasteiger charge is 2.34. The highest BCUT2D eigenvalue weighted by molar-refractivity contribution is 7.92. The monoisotopic (exact) mass is 658 g/mol. The number of carbonyl (C=O) groups is 2. The molecule has 5 N–H and O–H groups in total. The van der Waals surface area contributed by atoms with Gasteiger partial charge in [0.2, 0.25) is 15.9 Å². The molecule has 248 valence electrons. The Bertz CT molecular complexity index is 1770. The first-order chi connectivity index (χ1) is 22.5. The van der Waals surface area contributed by atoms with Gasteiger partial charge in [-0.15, -0.1) is 0 Å². The van der Waals surface area contributed by atoms with Gasteiger partial charge >= 0.3 is 0 Å². The van der Waals surface area contributed by atoms with Crippen molar-refractivity contribution >= 4 is 27.5 Å². The number of aliphatic hydroxyl groups is 1. The van der Waals surface area contributed by atoms with Crippen molar-refractivity contribution in [2.75, 3.05) is 23.7 Å². The predicted molar refractivity (Wildman–Crippen MR) is 184 cm³/mol. The number of sulfonamides is 1. The third-order valence-electron chi connectivity index (χ3n) is 7.90. The molecular formula is C36H42N4O6S. The van der Waals surface area contributed by atoms with E-state index in [9.17, 15) is 23.1 Å². The van der Waals surface area contributed by atoms with Crippen LogP contribution in [0.5, 0.6) is 5.75 Å². The van der Waals surface area contributed by atoms with Gasteiger partial charge in [-0.05, 0) is 79.4 Å². The highest BCUT2D eigenvalue weighted by Crippen LogP contribution is 2.29. The van der Waals surface area contributed by atoms with Crippen molar-refractivity contribution in [3.8, 4) is 5.75 Å². The number of amides is 2. The number of aliphatic hydroxyl groups excluding tert-OH is 1. The number of nitrogens with two attached hydrogens (primary N) is 1. The van der Waals surface area contributed by atoms with E-state index in [0.717, 1.165) is 16.9 Å². The Labute approximate surface area is 276 Å². The standard InChI is InChI=1S/C36H42N4O6S/c1-4-47(44,45)40(31-17-10-14-28(22-31)25(2)39-36(43)30-16-9-15-29(21-30)35(37)42)33(20-26-11-6-5-7-12-26)34(41)24-38-23-27-13-8-18-32(19-27)46-3/h5-19,21-22,25,33-34,38,41H,4,20,23-24H2,1-3H3,(H2,37,42)(H,39,43)/t25-,33+,34-/m1/s1. The number of nitrogens with zero attached hydrogens (tertiary/aromatic N) is 1. The molecular weight excluding hydrogens is 616 g/mol. The van der Waals surface area contributed by atoms with Crippen molar-refractivity contribution in [3.05, 3.63) is 131 Å². The van der Waals surface area contributed by atoms with Crippen LogP contribution in [0.15, 0.2) is 103 Å². The van der Waals surface area contributed by atoms with Crippen LogP contribution in [0.1, 0.15) is 57.3 Å². The van der Waals surface area contributed by atoms with Gasteiger partial charge in [-0.3, -0.25) is 13.9 Å². The molecule has 2 amide bonds. The quantitative estimate of drug-likeness (QED) is 0.141. The smallest absolute Gasteiger partial charge is 0.251 e. The highest BCUT2D eigenvalue weighted by atomic mass is 32.2. The number of carbonyl (C=O) groups excluding carboxylic acids is 2. The largest absolute Gasteiger partial charge is 0.497 e. The lowest BCUT2D eigenvalue weighted by molar-refractivity contribution is 0.0940. The number of rotatable bonds is 16. The number of hydrogen-bond donors (Lipinski definition) is 4. The number of hydrogen-bond acceptors (Lipinski definition) is 7. The van der Waals surface area contributed by atoms with E-state index in [1.807, 2.05) is 54.6 Å². The molecule has 4 rings (SSSR count). The summed E-state index contributed by atoms with van der Waals surface area (Å²) in [6, 6.07) is 28.7. The van der Waals surface area contributed by atoms with E-state index in [0.29, 0.717) is 17.8 Å². The molecule has 0 aromatic heterocycles. The van der Waals surface area contributed by atoms with Crippen LogP contribution in [-0.2, 0) is 23.0 Å².